The van der Waals surface area contributed by atoms with E-state index in [1.54, 1.807) is 19.1 Å². The molecule has 0 spiro atoms. The molecule has 3 N–H and O–H groups in total. The van der Waals surface area contributed by atoms with Crippen molar-refractivity contribution in [3.8, 4) is 0 Å². The van der Waals surface area contributed by atoms with Crippen molar-refractivity contribution in [1.82, 2.24) is 9.62 Å². The summed E-state index contributed by atoms with van der Waals surface area (Å²) in [7, 11) is -1.48. The molecule has 0 heterocycles. The molecule has 1 unspecified atom stereocenters. The Bertz CT molecular complexity index is 558. The number of nitrogens with two attached hydrogens (primary N) is 1. The molecule has 0 bridgehead atoms. The number of rotatable bonds is 8. The van der Waals surface area contributed by atoms with Gasteiger partial charge in [-0.15, -0.1) is 0 Å². The lowest BCUT2D eigenvalue weighted by Crippen LogP contribution is -2.37. The summed E-state index contributed by atoms with van der Waals surface area (Å²) in [6.45, 7) is 7.46. The van der Waals surface area contributed by atoms with Gasteiger partial charge < -0.3 is 10.6 Å². The third kappa shape index (κ3) is 4.78. The van der Waals surface area contributed by atoms with E-state index in [-0.39, 0.29) is 0 Å². The number of hydrogen-bond acceptors (Lipinski definition) is 4. The Hall–Kier alpha value is -0.950. The van der Waals surface area contributed by atoms with Crippen LogP contribution in [0.3, 0.4) is 0 Å². The van der Waals surface area contributed by atoms with Gasteiger partial charge in [0.25, 0.3) is 0 Å². The van der Waals surface area contributed by atoms with Gasteiger partial charge in [0.15, 0.2) is 0 Å². The number of hydrogen-bond donors (Lipinski definition) is 2. The number of benzene rings is 1. The summed E-state index contributed by atoms with van der Waals surface area (Å²) in [4.78, 5) is 2.46. The molecule has 1 aromatic carbocycles. The van der Waals surface area contributed by atoms with Gasteiger partial charge in [-0.2, -0.15) is 0 Å². The molecule has 120 valence electrons. The molecule has 5 nitrogen and oxygen atoms in total. The third-order valence-electron chi connectivity index (χ3n) is 4.01. The van der Waals surface area contributed by atoms with Crippen LogP contribution in [0.15, 0.2) is 23.1 Å². The fourth-order valence-electron chi connectivity index (χ4n) is 2.14. The smallest absolute Gasteiger partial charge is 0.240 e. The second-order valence-electron chi connectivity index (χ2n) is 5.38. The summed E-state index contributed by atoms with van der Waals surface area (Å²) in [6.07, 6.45) is 1.04. The van der Waals surface area contributed by atoms with Gasteiger partial charge in [-0.05, 0) is 44.5 Å². The van der Waals surface area contributed by atoms with E-state index in [2.05, 4.69) is 23.5 Å². The molecule has 6 heteroatoms. The highest BCUT2D eigenvalue weighted by Crippen LogP contribution is 2.18. The summed E-state index contributed by atoms with van der Waals surface area (Å²) in [5.74, 6) is 0. The van der Waals surface area contributed by atoms with Crippen molar-refractivity contribution in [2.45, 2.75) is 44.7 Å². The van der Waals surface area contributed by atoms with Crippen LogP contribution in [0, 0.1) is 6.92 Å². The SMILES string of the molecule is CCC(C)N(C)CCNS(=O)(=O)c1cccc(CN)c1C. The highest BCUT2D eigenvalue weighted by molar-refractivity contribution is 7.89. The Morgan fingerprint density at radius 2 is 2.05 bits per heavy atom. The average Bonchev–Trinajstić information content (AvgIpc) is 2.46. The van der Waals surface area contributed by atoms with Crippen LogP contribution in [0.1, 0.15) is 31.4 Å². The maximum absolute atomic E-state index is 12.4. The molecule has 0 aliphatic carbocycles. The van der Waals surface area contributed by atoms with Gasteiger partial charge in [-0.1, -0.05) is 19.1 Å². The first-order chi connectivity index (χ1) is 9.83. The summed E-state index contributed by atoms with van der Waals surface area (Å²) in [5.41, 5.74) is 7.21. The minimum atomic E-state index is -3.48. The molecule has 0 aliphatic rings. The molecule has 21 heavy (non-hydrogen) atoms. The van der Waals surface area contributed by atoms with Crippen molar-refractivity contribution in [1.29, 1.82) is 0 Å². The molecule has 1 aromatic rings. The second-order valence-corrected chi connectivity index (χ2v) is 7.12. The summed E-state index contributed by atoms with van der Waals surface area (Å²) < 4.78 is 27.4. The number of likely N-dealkylation sites (N-methyl/N-ethyl adjacent to an activating group) is 1. The molecule has 0 saturated carbocycles. The maximum Gasteiger partial charge on any atom is 0.240 e. The molecule has 0 fully saturated rings. The highest BCUT2D eigenvalue weighted by atomic mass is 32.2. The molecule has 0 radical (unpaired) electrons. The van der Waals surface area contributed by atoms with Crippen LogP contribution in [-0.4, -0.2) is 39.5 Å². The quantitative estimate of drug-likeness (QED) is 0.762. The van der Waals surface area contributed by atoms with Crippen molar-refractivity contribution in [2.24, 2.45) is 5.73 Å². The van der Waals surface area contributed by atoms with Crippen molar-refractivity contribution in [3.63, 3.8) is 0 Å². The summed E-state index contributed by atoms with van der Waals surface area (Å²) in [6, 6.07) is 5.65. The predicted octanol–water partition coefficient (Wildman–Crippen LogP) is 1.46. The van der Waals surface area contributed by atoms with Crippen LogP contribution < -0.4 is 10.5 Å². The first kappa shape index (κ1) is 18.1. The van der Waals surface area contributed by atoms with E-state index in [0.29, 0.717) is 30.6 Å². The Kier molecular flexibility index (Phi) is 6.80. The Labute approximate surface area is 128 Å². The zero-order chi connectivity index (χ0) is 16.0. The van der Waals surface area contributed by atoms with Crippen LogP contribution in [0.2, 0.25) is 0 Å². The molecule has 0 amide bonds. The third-order valence-corrected chi connectivity index (χ3v) is 5.61. The van der Waals surface area contributed by atoms with Gasteiger partial charge in [0.05, 0.1) is 4.90 Å². The Morgan fingerprint density at radius 1 is 1.38 bits per heavy atom. The number of nitrogens with one attached hydrogen (secondary N) is 1. The van der Waals surface area contributed by atoms with E-state index >= 15 is 0 Å². The van der Waals surface area contributed by atoms with Crippen LogP contribution >= 0.6 is 0 Å². The van der Waals surface area contributed by atoms with Gasteiger partial charge in [0.1, 0.15) is 0 Å². The highest BCUT2D eigenvalue weighted by Gasteiger charge is 2.18. The lowest BCUT2D eigenvalue weighted by atomic mass is 10.1. The molecule has 1 rings (SSSR count). The number of nitrogens with zero attached hydrogens (tertiary/aromatic N) is 1. The fourth-order valence-corrected chi connectivity index (χ4v) is 3.45. The van der Waals surface area contributed by atoms with E-state index in [4.69, 9.17) is 5.73 Å². The molecule has 1 atom stereocenters. The first-order valence-electron chi connectivity index (χ1n) is 7.32. The van der Waals surface area contributed by atoms with E-state index in [9.17, 15) is 8.42 Å². The van der Waals surface area contributed by atoms with Crippen LogP contribution in [0.5, 0.6) is 0 Å². The summed E-state index contributed by atoms with van der Waals surface area (Å²) >= 11 is 0. The van der Waals surface area contributed by atoms with Gasteiger partial charge in [0.2, 0.25) is 10.0 Å². The van der Waals surface area contributed by atoms with Crippen LogP contribution in [0.25, 0.3) is 0 Å². The van der Waals surface area contributed by atoms with Crippen molar-refractivity contribution in [3.05, 3.63) is 29.3 Å². The molecular formula is C15H27N3O2S. The van der Waals surface area contributed by atoms with Gasteiger partial charge in [-0.25, -0.2) is 13.1 Å². The molecule has 0 aliphatic heterocycles. The van der Waals surface area contributed by atoms with Crippen molar-refractivity contribution >= 4 is 10.0 Å². The first-order valence-corrected chi connectivity index (χ1v) is 8.80. The van der Waals surface area contributed by atoms with E-state index in [0.717, 1.165) is 17.5 Å². The van der Waals surface area contributed by atoms with Crippen LogP contribution in [-0.2, 0) is 16.6 Å². The zero-order valence-electron chi connectivity index (χ0n) is 13.4. The summed E-state index contributed by atoms with van der Waals surface area (Å²) in [5, 5.41) is 0. The van der Waals surface area contributed by atoms with Gasteiger partial charge >= 0.3 is 0 Å². The standard InChI is InChI=1S/C15H27N3O2S/c1-5-12(2)18(4)10-9-17-21(19,20)15-8-6-7-14(11-16)13(15)3/h6-8,12,17H,5,9-11,16H2,1-4H3. The minimum absolute atomic E-state index is 0.316. The average molecular weight is 313 g/mol. The normalized spacial score (nSPS) is 13.6. The molecule has 0 saturated heterocycles. The Balaban J connectivity index is 2.75. The maximum atomic E-state index is 12.4. The molecule has 0 aromatic heterocycles. The Morgan fingerprint density at radius 3 is 2.62 bits per heavy atom. The second kappa shape index (κ2) is 7.89. The number of sulfonamides is 1. The van der Waals surface area contributed by atoms with E-state index in [1.165, 1.54) is 0 Å². The zero-order valence-corrected chi connectivity index (χ0v) is 14.2. The van der Waals surface area contributed by atoms with Gasteiger partial charge in [-0.3, -0.25) is 0 Å². The largest absolute Gasteiger partial charge is 0.326 e. The van der Waals surface area contributed by atoms with Crippen LogP contribution in [0.4, 0.5) is 0 Å². The lowest BCUT2D eigenvalue weighted by molar-refractivity contribution is 0.256. The van der Waals surface area contributed by atoms with Crippen molar-refractivity contribution in [2.75, 3.05) is 20.1 Å². The monoisotopic (exact) mass is 313 g/mol. The predicted molar refractivity (Wildman–Crippen MR) is 86.6 cm³/mol. The topological polar surface area (TPSA) is 75.4 Å². The molecular weight excluding hydrogens is 286 g/mol. The van der Waals surface area contributed by atoms with Gasteiger partial charge in [0, 0.05) is 25.7 Å². The lowest BCUT2D eigenvalue weighted by Gasteiger charge is -2.23. The van der Waals surface area contributed by atoms with E-state index in [1.807, 2.05) is 13.1 Å². The van der Waals surface area contributed by atoms with Crippen molar-refractivity contribution < 1.29 is 8.42 Å². The fraction of sp³-hybridized carbons (Fsp3) is 0.600. The minimum Gasteiger partial charge on any atom is -0.326 e. The van der Waals surface area contributed by atoms with E-state index < -0.39 is 10.0 Å².